The van der Waals surface area contributed by atoms with Gasteiger partial charge in [0, 0.05) is 23.5 Å². The van der Waals surface area contributed by atoms with E-state index < -0.39 is 18.0 Å². The Labute approximate surface area is 221 Å². The van der Waals surface area contributed by atoms with Gasteiger partial charge in [-0.2, -0.15) is 0 Å². The zero-order valence-electron chi connectivity index (χ0n) is 21.1. The molecule has 1 aliphatic heterocycles. The van der Waals surface area contributed by atoms with Crippen LogP contribution in [0, 0.1) is 23.5 Å². The van der Waals surface area contributed by atoms with Crippen molar-refractivity contribution < 1.29 is 18.4 Å². The van der Waals surface area contributed by atoms with E-state index in [1.807, 2.05) is 30.0 Å². The summed E-state index contributed by atoms with van der Waals surface area (Å²) in [5.74, 6) is -1.39. The molecule has 2 amide bonds. The molecule has 3 aromatic rings. The van der Waals surface area contributed by atoms with Gasteiger partial charge in [0.2, 0.25) is 11.8 Å². The molecule has 38 heavy (non-hydrogen) atoms. The molecular formula is C31H29F2N3O2. The molecule has 0 aromatic heterocycles. The fraction of sp³-hybridized carbons (Fsp3) is 0.226. The average molecular weight is 514 g/mol. The van der Waals surface area contributed by atoms with Crippen LogP contribution >= 0.6 is 0 Å². The summed E-state index contributed by atoms with van der Waals surface area (Å²) in [4.78, 5) is 29.9. The van der Waals surface area contributed by atoms with E-state index in [1.165, 1.54) is 24.3 Å². The standard InChI is InChI=1S/C31H29F2N3O2/c1-4-20-18-26(16-17-27(20)35(5-2)25-14-12-24(33)13-15-25)36-29(21-8-10-23(32)11-9-21)28(19(3)31(36)38)34-30(37)22-6-7-22/h4-5,8-19,22,28-29H,1-2,6-7H2,3H3,(H,34,37)/t19-,28?,29?/m0/s1. The third kappa shape index (κ3) is 4.72. The third-order valence-electron chi connectivity index (χ3n) is 7.31. The second-order valence-corrected chi connectivity index (χ2v) is 9.78. The summed E-state index contributed by atoms with van der Waals surface area (Å²) < 4.78 is 27.3. The van der Waals surface area contributed by atoms with Crippen molar-refractivity contribution in [2.45, 2.75) is 31.8 Å². The molecule has 1 N–H and O–H groups in total. The van der Waals surface area contributed by atoms with Gasteiger partial charge < -0.3 is 15.1 Å². The molecule has 2 unspecified atom stereocenters. The lowest BCUT2D eigenvalue weighted by Gasteiger charge is -2.30. The van der Waals surface area contributed by atoms with E-state index in [9.17, 15) is 18.4 Å². The van der Waals surface area contributed by atoms with Gasteiger partial charge in [-0.15, -0.1) is 0 Å². The highest BCUT2D eigenvalue weighted by molar-refractivity contribution is 6.00. The maximum absolute atomic E-state index is 13.8. The minimum Gasteiger partial charge on any atom is -0.350 e. The summed E-state index contributed by atoms with van der Waals surface area (Å²) >= 11 is 0. The molecule has 3 atom stereocenters. The Bertz CT molecular complexity index is 1380. The third-order valence-corrected chi connectivity index (χ3v) is 7.31. The number of carbonyl (C=O) groups excluding carboxylic acids is 2. The molecule has 5 rings (SSSR count). The maximum atomic E-state index is 13.8. The molecule has 0 bridgehead atoms. The first-order valence-electron chi connectivity index (χ1n) is 12.6. The van der Waals surface area contributed by atoms with E-state index >= 15 is 0 Å². The lowest BCUT2D eigenvalue weighted by molar-refractivity contribution is -0.123. The Hall–Kier alpha value is -4.26. The first kappa shape index (κ1) is 25.4. The molecule has 2 aliphatic rings. The van der Waals surface area contributed by atoms with Crippen molar-refractivity contribution in [1.29, 1.82) is 0 Å². The highest BCUT2D eigenvalue weighted by Crippen LogP contribution is 2.43. The van der Waals surface area contributed by atoms with Gasteiger partial charge in [-0.1, -0.05) is 38.3 Å². The molecule has 5 nitrogen and oxygen atoms in total. The van der Waals surface area contributed by atoms with Gasteiger partial charge in [0.25, 0.3) is 0 Å². The Morgan fingerprint density at radius 3 is 2.21 bits per heavy atom. The molecule has 1 saturated carbocycles. The minimum absolute atomic E-state index is 0.0109. The van der Waals surface area contributed by atoms with Crippen molar-refractivity contribution in [1.82, 2.24) is 5.32 Å². The summed E-state index contributed by atoms with van der Waals surface area (Å²) in [6.07, 6.45) is 5.01. The smallest absolute Gasteiger partial charge is 0.232 e. The summed E-state index contributed by atoms with van der Waals surface area (Å²) in [6.45, 7) is 9.69. The Balaban J connectivity index is 1.56. The highest BCUT2D eigenvalue weighted by atomic mass is 19.1. The molecule has 3 aromatic carbocycles. The SMILES string of the molecule is C=Cc1cc(N2C(=O)[C@@H](C)C(NC(=O)C3CC3)C2c2ccc(F)cc2)ccc1N(C=C)c1ccc(F)cc1. The number of anilines is 3. The summed E-state index contributed by atoms with van der Waals surface area (Å²) in [5, 5.41) is 3.11. The van der Waals surface area contributed by atoms with Gasteiger partial charge >= 0.3 is 0 Å². The lowest BCUT2D eigenvalue weighted by Crippen LogP contribution is -2.42. The molecule has 1 saturated heterocycles. The van der Waals surface area contributed by atoms with Crippen LogP contribution in [-0.2, 0) is 9.59 Å². The molecular weight excluding hydrogens is 484 g/mol. The molecule has 0 radical (unpaired) electrons. The molecule has 194 valence electrons. The van der Waals surface area contributed by atoms with Crippen LogP contribution in [0.3, 0.4) is 0 Å². The predicted molar refractivity (Wildman–Crippen MR) is 146 cm³/mol. The van der Waals surface area contributed by atoms with Crippen molar-refractivity contribution in [2.24, 2.45) is 11.8 Å². The van der Waals surface area contributed by atoms with E-state index in [4.69, 9.17) is 0 Å². The fourth-order valence-electron chi connectivity index (χ4n) is 5.10. The number of carbonyl (C=O) groups is 2. The average Bonchev–Trinajstić information content (AvgIpc) is 3.75. The topological polar surface area (TPSA) is 52.7 Å². The van der Waals surface area contributed by atoms with Crippen molar-refractivity contribution in [3.63, 3.8) is 0 Å². The largest absolute Gasteiger partial charge is 0.350 e. The van der Waals surface area contributed by atoms with Gasteiger partial charge in [-0.3, -0.25) is 9.59 Å². The van der Waals surface area contributed by atoms with Gasteiger partial charge in [0.1, 0.15) is 11.6 Å². The van der Waals surface area contributed by atoms with E-state index in [0.29, 0.717) is 5.69 Å². The Morgan fingerprint density at radius 2 is 1.63 bits per heavy atom. The van der Waals surface area contributed by atoms with E-state index in [0.717, 1.165) is 35.3 Å². The number of hydrogen-bond donors (Lipinski definition) is 1. The summed E-state index contributed by atoms with van der Waals surface area (Å²) in [7, 11) is 0. The molecule has 1 aliphatic carbocycles. The van der Waals surface area contributed by atoms with Crippen LogP contribution in [0.5, 0.6) is 0 Å². The van der Waals surface area contributed by atoms with E-state index in [2.05, 4.69) is 18.5 Å². The first-order valence-corrected chi connectivity index (χ1v) is 12.6. The monoisotopic (exact) mass is 513 g/mol. The number of nitrogens with zero attached hydrogens (tertiary/aromatic N) is 2. The number of halogens is 2. The second-order valence-electron chi connectivity index (χ2n) is 9.78. The van der Waals surface area contributed by atoms with Crippen molar-refractivity contribution >= 4 is 35.0 Å². The zero-order valence-corrected chi connectivity index (χ0v) is 21.1. The zero-order chi connectivity index (χ0) is 27.0. The van der Waals surface area contributed by atoms with E-state index in [1.54, 1.807) is 41.4 Å². The van der Waals surface area contributed by atoms with Crippen LogP contribution in [0.25, 0.3) is 6.08 Å². The minimum atomic E-state index is -0.517. The predicted octanol–water partition coefficient (Wildman–Crippen LogP) is 6.51. The van der Waals surface area contributed by atoms with Gasteiger partial charge in [-0.05, 0) is 78.6 Å². The van der Waals surface area contributed by atoms with Crippen LogP contribution in [-0.4, -0.2) is 17.9 Å². The van der Waals surface area contributed by atoms with Crippen LogP contribution in [0.15, 0.2) is 86.1 Å². The molecule has 2 fully saturated rings. The van der Waals surface area contributed by atoms with Crippen molar-refractivity contribution in [3.8, 4) is 0 Å². The van der Waals surface area contributed by atoms with Crippen molar-refractivity contribution in [2.75, 3.05) is 9.80 Å². The van der Waals surface area contributed by atoms with Crippen LogP contribution in [0.1, 0.15) is 36.9 Å². The van der Waals surface area contributed by atoms with Crippen LogP contribution in [0.4, 0.5) is 25.8 Å². The normalized spacial score (nSPS) is 20.8. The number of nitrogens with one attached hydrogen (secondary N) is 1. The lowest BCUT2D eigenvalue weighted by atomic mass is 9.94. The van der Waals surface area contributed by atoms with Crippen LogP contribution in [0.2, 0.25) is 0 Å². The van der Waals surface area contributed by atoms with Crippen molar-refractivity contribution in [3.05, 3.63) is 109 Å². The summed E-state index contributed by atoms with van der Waals surface area (Å²) in [6, 6.07) is 16.7. The number of benzene rings is 3. The van der Waals surface area contributed by atoms with Gasteiger partial charge in [0.05, 0.1) is 23.7 Å². The van der Waals surface area contributed by atoms with E-state index in [-0.39, 0.29) is 29.4 Å². The fourth-order valence-corrected chi connectivity index (χ4v) is 5.10. The number of rotatable bonds is 8. The Morgan fingerprint density at radius 1 is 1.00 bits per heavy atom. The van der Waals surface area contributed by atoms with Gasteiger partial charge in [0.15, 0.2) is 0 Å². The number of hydrogen-bond acceptors (Lipinski definition) is 3. The molecule has 1 heterocycles. The molecule has 0 spiro atoms. The quantitative estimate of drug-likeness (QED) is 0.374. The number of amides is 2. The highest BCUT2D eigenvalue weighted by Gasteiger charge is 2.49. The first-order chi connectivity index (χ1) is 18.3. The summed E-state index contributed by atoms with van der Waals surface area (Å²) in [5.41, 5.74) is 3.56. The maximum Gasteiger partial charge on any atom is 0.232 e. The van der Waals surface area contributed by atoms with Crippen LogP contribution < -0.4 is 15.1 Å². The second kappa shape index (κ2) is 10.2. The van der Waals surface area contributed by atoms with Gasteiger partial charge in [-0.25, -0.2) is 8.78 Å². The Kier molecular flexibility index (Phi) is 6.85. The molecule has 7 heteroatoms.